The predicted octanol–water partition coefficient (Wildman–Crippen LogP) is 3.11. The monoisotopic (exact) mass is 269 g/mol. The van der Waals surface area contributed by atoms with Crippen LogP contribution in [0.25, 0.3) is 0 Å². The van der Waals surface area contributed by atoms with E-state index >= 15 is 0 Å². The summed E-state index contributed by atoms with van der Waals surface area (Å²) in [6.45, 7) is 1.97. The van der Waals surface area contributed by atoms with Gasteiger partial charge in [0.1, 0.15) is 5.76 Å². The van der Waals surface area contributed by atoms with E-state index in [1.54, 1.807) is 19.1 Å². The zero-order valence-electron chi connectivity index (χ0n) is 11.2. The molecule has 0 spiro atoms. The molecule has 1 aromatic heterocycles. The molecule has 0 saturated carbocycles. The summed E-state index contributed by atoms with van der Waals surface area (Å²) in [5.41, 5.74) is 0.849. The average Bonchev–Trinajstić information content (AvgIpc) is 2.99. The summed E-state index contributed by atoms with van der Waals surface area (Å²) in [6.07, 6.45) is 1.53. The summed E-state index contributed by atoms with van der Waals surface area (Å²) in [4.78, 5) is 12.0. The summed E-state index contributed by atoms with van der Waals surface area (Å²) in [7, 11) is 0. The Morgan fingerprint density at radius 3 is 2.60 bits per heavy atom. The van der Waals surface area contributed by atoms with Gasteiger partial charge in [-0.15, -0.1) is 0 Å². The molecule has 2 aromatic rings. The maximum Gasteiger partial charge on any atom is 0.324 e. The molecule has 0 fully saturated rings. The fraction of sp³-hybridized carbons (Fsp3) is 0.250. The van der Waals surface area contributed by atoms with E-state index in [9.17, 15) is 10.1 Å². The second-order valence-electron chi connectivity index (χ2n) is 4.26. The largest absolute Gasteiger partial charge is 0.469 e. The van der Waals surface area contributed by atoms with Crippen LogP contribution < -0.4 is 0 Å². The van der Waals surface area contributed by atoms with Crippen LogP contribution in [0, 0.1) is 17.2 Å². The van der Waals surface area contributed by atoms with Crippen LogP contribution in [0.2, 0.25) is 0 Å². The average molecular weight is 269 g/mol. The summed E-state index contributed by atoms with van der Waals surface area (Å²) < 4.78 is 10.4. The first-order valence-electron chi connectivity index (χ1n) is 6.42. The van der Waals surface area contributed by atoms with Gasteiger partial charge < -0.3 is 9.15 Å². The van der Waals surface area contributed by atoms with Gasteiger partial charge in [-0.05, 0) is 24.6 Å². The van der Waals surface area contributed by atoms with E-state index < -0.39 is 17.8 Å². The molecule has 0 unspecified atom stereocenters. The lowest BCUT2D eigenvalue weighted by Gasteiger charge is -2.19. The molecule has 0 bridgehead atoms. The highest BCUT2D eigenvalue weighted by Crippen LogP contribution is 2.33. The van der Waals surface area contributed by atoms with Crippen LogP contribution in [0.5, 0.6) is 0 Å². The summed E-state index contributed by atoms with van der Waals surface area (Å²) in [5.74, 6) is -1.34. The molecule has 0 N–H and O–H groups in total. The number of carbonyl (C=O) groups excluding carboxylic acids is 1. The van der Waals surface area contributed by atoms with Crippen molar-refractivity contribution < 1.29 is 13.9 Å². The number of hydrogen-bond donors (Lipinski definition) is 0. The second kappa shape index (κ2) is 6.58. The summed E-state index contributed by atoms with van der Waals surface area (Å²) >= 11 is 0. The van der Waals surface area contributed by atoms with E-state index in [1.807, 2.05) is 36.4 Å². The fourth-order valence-electron chi connectivity index (χ4n) is 2.14. The lowest BCUT2D eigenvalue weighted by Crippen LogP contribution is -2.24. The van der Waals surface area contributed by atoms with Gasteiger partial charge in [0.25, 0.3) is 0 Å². The van der Waals surface area contributed by atoms with Gasteiger partial charge in [-0.3, -0.25) is 4.79 Å². The first-order valence-corrected chi connectivity index (χ1v) is 6.42. The molecular formula is C16H15NO3. The number of esters is 1. The van der Waals surface area contributed by atoms with Gasteiger partial charge >= 0.3 is 5.97 Å². The van der Waals surface area contributed by atoms with Gasteiger partial charge in [-0.25, -0.2) is 0 Å². The molecule has 0 radical (unpaired) electrons. The van der Waals surface area contributed by atoms with Crippen molar-refractivity contribution in [3.05, 3.63) is 60.1 Å². The lowest BCUT2D eigenvalue weighted by molar-refractivity contribution is -0.146. The molecule has 0 aliphatic heterocycles. The minimum absolute atomic E-state index is 0.247. The molecule has 102 valence electrons. The van der Waals surface area contributed by atoms with Crippen molar-refractivity contribution >= 4 is 5.97 Å². The number of rotatable bonds is 5. The third-order valence-electron chi connectivity index (χ3n) is 3.02. The number of nitrogens with zero attached hydrogens (tertiary/aromatic N) is 1. The molecular weight excluding hydrogens is 254 g/mol. The van der Waals surface area contributed by atoms with Crippen LogP contribution in [0.15, 0.2) is 53.1 Å². The number of nitriles is 1. The van der Waals surface area contributed by atoms with Crippen LogP contribution in [-0.2, 0) is 9.53 Å². The van der Waals surface area contributed by atoms with Crippen LogP contribution in [0.1, 0.15) is 24.2 Å². The molecule has 0 aliphatic rings. The molecule has 20 heavy (non-hydrogen) atoms. The van der Waals surface area contributed by atoms with Crippen molar-refractivity contribution in [3.8, 4) is 6.07 Å². The SMILES string of the molecule is CCOC(=O)[C@@H](C#N)[C@@H](c1ccccc1)c1ccco1. The minimum Gasteiger partial charge on any atom is -0.469 e. The molecule has 1 heterocycles. The fourth-order valence-corrected chi connectivity index (χ4v) is 2.14. The van der Waals surface area contributed by atoms with E-state index in [0.717, 1.165) is 5.56 Å². The zero-order valence-corrected chi connectivity index (χ0v) is 11.2. The molecule has 1 aromatic carbocycles. The van der Waals surface area contributed by atoms with E-state index in [-0.39, 0.29) is 6.61 Å². The lowest BCUT2D eigenvalue weighted by atomic mass is 9.85. The highest BCUT2D eigenvalue weighted by molar-refractivity contribution is 5.77. The topological polar surface area (TPSA) is 63.2 Å². The van der Waals surface area contributed by atoms with Crippen molar-refractivity contribution in [1.29, 1.82) is 5.26 Å². The summed E-state index contributed by atoms with van der Waals surface area (Å²) in [5, 5.41) is 9.36. The predicted molar refractivity (Wildman–Crippen MR) is 72.7 cm³/mol. The number of furan rings is 1. The van der Waals surface area contributed by atoms with Crippen molar-refractivity contribution in [2.45, 2.75) is 12.8 Å². The van der Waals surface area contributed by atoms with Gasteiger partial charge in [0.05, 0.1) is 24.9 Å². The van der Waals surface area contributed by atoms with Crippen molar-refractivity contribution in [1.82, 2.24) is 0 Å². The first-order chi connectivity index (χ1) is 9.77. The summed E-state index contributed by atoms with van der Waals surface area (Å²) in [6, 6.07) is 14.9. The number of benzene rings is 1. The van der Waals surface area contributed by atoms with E-state index in [0.29, 0.717) is 5.76 Å². The maximum absolute atomic E-state index is 12.0. The van der Waals surface area contributed by atoms with Crippen LogP contribution in [0.4, 0.5) is 0 Å². The van der Waals surface area contributed by atoms with Gasteiger partial charge in [0.2, 0.25) is 0 Å². The van der Waals surface area contributed by atoms with Crippen molar-refractivity contribution in [2.75, 3.05) is 6.61 Å². The molecule has 0 aliphatic carbocycles. The Balaban J connectivity index is 2.42. The Kier molecular flexibility index (Phi) is 4.56. The molecule has 0 saturated heterocycles. The normalized spacial score (nSPS) is 13.2. The molecule has 0 amide bonds. The molecule has 4 heteroatoms. The van der Waals surface area contributed by atoms with E-state index in [1.165, 1.54) is 6.26 Å². The Morgan fingerprint density at radius 1 is 1.30 bits per heavy atom. The smallest absolute Gasteiger partial charge is 0.324 e. The number of hydrogen-bond acceptors (Lipinski definition) is 4. The molecule has 2 rings (SSSR count). The van der Waals surface area contributed by atoms with Crippen LogP contribution in [-0.4, -0.2) is 12.6 Å². The Morgan fingerprint density at radius 2 is 2.05 bits per heavy atom. The Labute approximate surface area is 117 Å². The highest BCUT2D eigenvalue weighted by Gasteiger charge is 2.34. The van der Waals surface area contributed by atoms with Gasteiger partial charge in [0.15, 0.2) is 5.92 Å². The Bertz CT molecular complexity index is 584. The first kappa shape index (κ1) is 13.9. The van der Waals surface area contributed by atoms with Crippen LogP contribution >= 0.6 is 0 Å². The minimum atomic E-state index is -0.927. The third kappa shape index (κ3) is 2.89. The zero-order chi connectivity index (χ0) is 14.4. The standard InChI is InChI=1S/C16H15NO3/c1-2-19-16(18)13(11-17)15(14-9-6-10-20-14)12-7-4-3-5-8-12/h3-10,13,15H,2H2,1H3/t13-,15+/m0/s1. The van der Waals surface area contributed by atoms with Gasteiger partial charge in [-0.2, -0.15) is 5.26 Å². The van der Waals surface area contributed by atoms with E-state index in [4.69, 9.17) is 9.15 Å². The van der Waals surface area contributed by atoms with Gasteiger partial charge in [0, 0.05) is 0 Å². The van der Waals surface area contributed by atoms with Gasteiger partial charge in [-0.1, -0.05) is 30.3 Å². The maximum atomic E-state index is 12.0. The quantitative estimate of drug-likeness (QED) is 0.782. The van der Waals surface area contributed by atoms with Crippen LogP contribution in [0.3, 0.4) is 0 Å². The number of carbonyl (C=O) groups is 1. The molecule has 4 nitrogen and oxygen atoms in total. The second-order valence-corrected chi connectivity index (χ2v) is 4.26. The number of ether oxygens (including phenoxy) is 1. The van der Waals surface area contributed by atoms with Crippen molar-refractivity contribution in [3.63, 3.8) is 0 Å². The highest BCUT2D eigenvalue weighted by atomic mass is 16.5. The molecule has 2 atom stereocenters. The third-order valence-corrected chi connectivity index (χ3v) is 3.02. The van der Waals surface area contributed by atoms with Crippen molar-refractivity contribution in [2.24, 2.45) is 5.92 Å². The van der Waals surface area contributed by atoms with E-state index in [2.05, 4.69) is 0 Å². The Hall–Kier alpha value is -2.54.